The number of rotatable bonds is 7. The number of ether oxygens (including phenoxy) is 1. The Balaban J connectivity index is 2.16. The molecule has 0 radical (unpaired) electrons. The molecule has 2 nitrogen and oxygen atoms in total. The molecule has 0 bridgehead atoms. The van der Waals surface area contributed by atoms with Crippen molar-refractivity contribution < 1.29 is 17.9 Å². The fraction of sp³-hybridized carbons (Fsp3) is 0.368. The average molecular weight is 337 g/mol. The largest absolute Gasteiger partial charge is 0.497 e. The molecule has 1 N–H and O–H groups in total. The van der Waals surface area contributed by atoms with Gasteiger partial charge in [-0.2, -0.15) is 13.2 Å². The molecule has 0 aliphatic carbocycles. The summed E-state index contributed by atoms with van der Waals surface area (Å²) >= 11 is 0. The Morgan fingerprint density at radius 1 is 1.04 bits per heavy atom. The number of nitrogens with one attached hydrogen (secondary N) is 1. The summed E-state index contributed by atoms with van der Waals surface area (Å²) in [6.45, 7) is 2.03. The van der Waals surface area contributed by atoms with Crippen molar-refractivity contribution in [2.24, 2.45) is 0 Å². The Bertz CT molecular complexity index is 638. The third-order valence-corrected chi connectivity index (χ3v) is 3.89. The van der Waals surface area contributed by atoms with E-state index < -0.39 is 11.7 Å². The zero-order valence-corrected chi connectivity index (χ0v) is 13.9. The Hall–Kier alpha value is -2.17. The quantitative estimate of drug-likeness (QED) is 0.716. The molecular weight excluding hydrogens is 315 g/mol. The first-order valence-electron chi connectivity index (χ1n) is 7.99. The molecule has 0 heterocycles. The topological polar surface area (TPSA) is 21.3 Å². The van der Waals surface area contributed by atoms with E-state index in [9.17, 15) is 13.2 Å². The minimum atomic E-state index is -4.33. The van der Waals surface area contributed by atoms with Crippen LogP contribution < -0.4 is 10.1 Å². The SMILES string of the molecule is CCCC(Cc1ccccc1C(F)(F)F)Nc1ccc(OC)cc1. The van der Waals surface area contributed by atoms with Gasteiger partial charge in [-0.05, 0) is 48.7 Å². The van der Waals surface area contributed by atoms with Crippen molar-refractivity contribution in [1.82, 2.24) is 0 Å². The molecule has 0 aliphatic heterocycles. The van der Waals surface area contributed by atoms with Gasteiger partial charge in [0, 0.05) is 11.7 Å². The Kier molecular flexibility index (Phi) is 6.12. The van der Waals surface area contributed by atoms with Crippen LogP contribution in [0, 0.1) is 0 Å². The van der Waals surface area contributed by atoms with Gasteiger partial charge in [-0.3, -0.25) is 0 Å². The van der Waals surface area contributed by atoms with Gasteiger partial charge < -0.3 is 10.1 Å². The fourth-order valence-electron chi connectivity index (χ4n) is 2.74. The van der Waals surface area contributed by atoms with E-state index in [2.05, 4.69) is 5.32 Å². The van der Waals surface area contributed by atoms with Gasteiger partial charge in [0.15, 0.2) is 0 Å². The van der Waals surface area contributed by atoms with Crippen molar-refractivity contribution in [2.75, 3.05) is 12.4 Å². The highest BCUT2D eigenvalue weighted by Crippen LogP contribution is 2.33. The first-order valence-corrected chi connectivity index (χ1v) is 7.99. The van der Waals surface area contributed by atoms with Crippen molar-refractivity contribution in [2.45, 2.75) is 38.4 Å². The Morgan fingerprint density at radius 2 is 1.71 bits per heavy atom. The lowest BCUT2D eigenvalue weighted by molar-refractivity contribution is -0.138. The van der Waals surface area contributed by atoms with Gasteiger partial charge >= 0.3 is 6.18 Å². The summed E-state index contributed by atoms with van der Waals surface area (Å²) in [6, 6.07) is 13.1. The molecule has 24 heavy (non-hydrogen) atoms. The number of hydrogen-bond acceptors (Lipinski definition) is 2. The van der Waals surface area contributed by atoms with Crippen LogP contribution in [0.15, 0.2) is 48.5 Å². The lowest BCUT2D eigenvalue weighted by atomic mass is 9.97. The van der Waals surface area contributed by atoms with Crippen molar-refractivity contribution in [3.8, 4) is 5.75 Å². The van der Waals surface area contributed by atoms with Crippen LogP contribution in [0.5, 0.6) is 5.75 Å². The summed E-state index contributed by atoms with van der Waals surface area (Å²) in [5.41, 5.74) is 0.644. The van der Waals surface area contributed by atoms with E-state index in [1.807, 2.05) is 31.2 Å². The van der Waals surface area contributed by atoms with Crippen LogP contribution in [0.1, 0.15) is 30.9 Å². The van der Waals surface area contributed by atoms with Crippen LogP contribution in [-0.2, 0) is 12.6 Å². The normalized spacial score (nSPS) is 12.7. The summed E-state index contributed by atoms with van der Waals surface area (Å²) < 4.78 is 44.6. The molecule has 2 aromatic carbocycles. The molecule has 0 amide bonds. The highest BCUT2D eigenvalue weighted by atomic mass is 19.4. The summed E-state index contributed by atoms with van der Waals surface area (Å²) in [5, 5.41) is 3.34. The van der Waals surface area contributed by atoms with Gasteiger partial charge in [-0.1, -0.05) is 31.5 Å². The lowest BCUT2D eigenvalue weighted by Crippen LogP contribution is -2.23. The van der Waals surface area contributed by atoms with E-state index in [1.54, 1.807) is 19.2 Å². The smallest absolute Gasteiger partial charge is 0.416 e. The van der Waals surface area contributed by atoms with Crippen molar-refractivity contribution in [1.29, 1.82) is 0 Å². The highest BCUT2D eigenvalue weighted by molar-refractivity contribution is 5.47. The van der Waals surface area contributed by atoms with Gasteiger partial charge in [0.1, 0.15) is 5.75 Å². The minimum absolute atomic E-state index is 0.0631. The zero-order valence-electron chi connectivity index (χ0n) is 13.9. The van der Waals surface area contributed by atoms with Gasteiger partial charge in [0.05, 0.1) is 12.7 Å². The van der Waals surface area contributed by atoms with Crippen molar-refractivity contribution >= 4 is 5.69 Å². The fourth-order valence-corrected chi connectivity index (χ4v) is 2.74. The monoisotopic (exact) mass is 337 g/mol. The second-order valence-corrected chi connectivity index (χ2v) is 5.72. The zero-order chi connectivity index (χ0) is 17.6. The summed E-state index contributed by atoms with van der Waals surface area (Å²) in [7, 11) is 1.59. The third-order valence-electron chi connectivity index (χ3n) is 3.89. The van der Waals surface area contributed by atoms with Gasteiger partial charge in [0.25, 0.3) is 0 Å². The summed E-state index contributed by atoms with van der Waals surface area (Å²) in [6.07, 6.45) is -2.32. The lowest BCUT2D eigenvalue weighted by Gasteiger charge is -2.22. The Labute approximate surface area is 140 Å². The molecule has 2 rings (SSSR count). The van der Waals surface area contributed by atoms with E-state index in [0.717, 1.165) is 30.3 Å². The molecule has 130 valence electrons. The van der Waals surface area contributed by atoms with Crippen LogP contribution in [-0.4, -0.2) is 13.2 Å². The maximum absolute atomic E-state index is 13.2. The standard InChI is InChI=1S/C19H22F3NO/c1-3-6-16(23-15-9-11-17(24-2)12-10-15)13-14-7-4-5-8-18(14)19(20,21)22/h4-5,7-12,16,23H,3,6,13H2,1-2H3. The van der Waals surface area contributed by atoms with Crippen molar-refractivity contribution in [3.63, 3.8) is 0 Å². The summed E-state index contributed by atoms with van der Waals surface area (Å²) in [4.78, 5) is 0. The van der Waals surface area contributed by atoms with Gasteiger partial charge in [0.2, 0.25) is 0 Å². The van der Waals surface area contributed by atoms with E-state index in [4.69, 9.17) is 4.74 Å². The summed E-state index contributed by atoms with van der Waals surface area (Å²) in [5.74, 6) is 0.745. The molecule has 0 aromatic heterocycles. The maximum atomic E-state index is 13.2. The molecular formula is C19H22F3NO. The first kappa shape index (κ1) is 18.2. The van der Waals surface area contributed by atoms with Gasteiger partial charge in [-0.25, -0.2) is 0 Å². The van der Waals surface area contributed by atoms with E-state index in [1.165, 1.54) is 6.07 Å². The number of anilines is 1. The van der Waals surface area contributed by atoms with E-state index >= 15 is 0 Å². The molecule has 0 spiro atoms. The number of alkyl halides is 3. The highest BCUT2D eigenvalue weighted by Gasteiger charge is 2.33. The van der Waals surface area contributed by atoms with Crippen LogP contribution in [0.3, 0.4) is 0 Å². The van der Waals surface area contributed by atoms with Crippen LogP contribution >= 0.6 is 0 Å². The molecule has 0 saturated heterocycles. The predicted octanol–water partition coefficient (Wildman–Crippen LogP) is 5.54. The van der Waals surface area contributed by atoms with Gasteiger partial charge in [-0.15, -0.1) is 0 Å². The molecule has 5 heteroatoms. The van der Waals surface area contributed by atoms with E-state index in [-0.39, 0.29) is 6.04 Å². The molecule has 1 unspecified atom stereocenters. The Morgan fingerprint density at radius 3 is 2.29 bits per heavy atom. The number of benzene rings is 2. The molecule has 1 atom stereocenters. The molecule has 2 aromatic rings. The van der Waals surface area contributed by atoms with E-state index in [0.29, 0.717) is 12.0 Å². The van der Waals surface area contributed by atoms with Crippen LogP contribution in [0.2, 0.25) is 0 Å². The third kappa shape index (κ3) is 4.91. The molecule has 0 fully saturated rings. The number of halogens is 3. The first-order chi connectivity index (χ1) is 11.4. The second kappa shape index (κ2) is 8.08. The number of methoxy groups -OCH3 is 1. The molecule has 0 saturated carbocycles. The average Bonchev–Trinajstić information content (AvgIpc) is 2.55. The minimum Gasteiger partial charge on any atom is -0.497 e. The molecule has 0 aliphatic rings. The van der Waals surface area contributed by atoms with Crippen LogP contribution in [0.25, 0.3) is 0 Å². The van der Waals surface area contributed by atoms with Crippen LogP contribution in [0.4, 0.5) is 18.9 Å². The van der Waals surface area contributed by atoms with Crippen molar-refractivity contribution in [3.05, 3.63) is 59.7 Å². The second-order valence-electron chi connectivity index (χ2n) is 5.72. The predicted molar refractivity (Wildman–Crippen MR) is 90.5 cm³/mol. The number of hydrogen-bond donors (Lipinski definition) is 1. The maximum Gasteiger partial charge on any atom is 0.416 e.